The molecule has 7 nitrogen and oxygen atoms in total. The maximum absolute atomic E-state index is 11.2. The number of amidine groups is 1. The number of imidazole rings is 1. The van der Waals surface area contributed by atoms with Gasteiger partial charge >= 0.3 is 84.3 Å². The number of carbonyl (C=O) groups excluding carboxylic acids is 1. The molecule has 1 aromatic heterocycles. The van der Waals surface area contributed by atoms with Gasteiger partial charge in [-0.25, -0.2) is 0 Å². The molecule has 0 aliphatic carbocycles. The number of H-pyrrole nitrogens is 2. The predicted molar refractivity (Wildman–Crippen MR) is 47.8 cm³/mol. The zero-order valence-electron chi connectivity index (χ0n) is 6.57. The molecular formula is C6H3N4O3Se. The zero-order valence-corrected chi connectivity index (χ0v) is 8.28. The molecule has 14 heavy (non-hydrogen) atoms. The molecule has 8 heteroatoms. The van der Waals surface area contributed by atoms with Crippen molar-refractivity contribution >= 4 is 32.4 Å². The monoisotopic (exact) mass is 259 g/mol. The van der Waals surface area contributed by atoms with E-state index in [0.29, 0.717) is 0 Å². The van der Waals surface area contributed by atoms with Crippen LogP contribution in [0.3, 0.4) is 0 Å². The molecule has 0 bridgehead atoms. The molecule has 1 aliphatic rings. The van der Waals surface area contributed by atoms with E-state index in [1.165, 1.54) is 0 Å². The SMILES string of the molecule is O=C1N=C([Se])N=C1c1[nH]c(=O)[nH]c1O. The van der Waals surface area contributed by atoms with Crippen LogP contribution in [0.2, 0.25) is 0 Å². The Morgan fingerprint density at radius 2 is 1.93 bits per heavy atom. The Labute approximate surface area is 84.8 Å². The van der Waals surface area contributed by atoms with Crippen LogP contribution in [0.25, 0.3) is 0 Å². The molecule has 71 valence electrons. The van der Waals surface area contributed by atoms with Gasteiger partial charge in [0.2, 0.25) is 0 Å². The molecule has 0 saturated carbocycles. The zero-order chi connectivity index (χ0) is 10.3. The van der Waals surface area contributed by atoms with Crippen molar-refractivity contribution in [3.63, 3.8) is 0 Å². The fraction of sp³-hybridized carbons (Fsp3) is 0. The Hall–Kier alpha value is -1.66. The summed E-state index contributed by atoms with van der Waals surface area (Å²) in [6, 6.07) is 0. The molecular weight excluding hydrogens is 255 g/mol. The molecule has 0 spiro atoms. The number of nitrogens with zero attached hydrogens (tertiary/aromatic N) is 2. The van der Waals surface area contributed by atoms with Crippen LogP contribution < -0.4 is 5.69 Å². The summed E-state index contributed by atoms with van der Waals surface area (Å²) >= 11 is 2.45. The van der Waals surface area contributed by atoms with Crippen molar-refractivity contribution in [1.29, 1.82) is 0 Å². The number of aromatic hydroxyl groups is 1. The fourth-order valence-electron chi connectivity index (χ4n) is 1.02. The third kappa shape index (κ3) is 1.30. The number of carbonyl (C=O) groups is 1. The van der Waals surface area contributed by atoms with Gasteiger partial charge in [-0.3, -0.25) is 0 Å². The van der Waals surface area contributed by atoms with Crippen LogP contribution in [-0.4, -0.2) is 47.4 Å². The summed E-state index contributed by atoms with van der Waals surface area (Å²) in [7, 11) is 0. The second-order valence-corrected chi connectivity index (χ2v) is 3.23. The molecule has 3 N–H and O–H groups in total. The minimum absolute atomic E-state index is 0.0472. The van der Waals surface area contributed by atoms with E-state index in [0.717, 1.165) is 0 Å². The molecule has 0 unspecified atom stereocenters. The van der Waals surface area contributed by atoms with Crippen LogP contribution in [-0.2, 0) is 4.79 Å². The van der Waals surface area contributed by atoms with Crippen molar-refractivity contribution in [3.8, 4) is 5.88 Å². The quantitative estimate of drug-likeness (QED) is 0.520. The fourth-order valence-corrected chi connectivity index (χ4v) is 1.38. The molecule has 0 atom stereocenters. The molecule has 1 aromatic rings. The van der Waals surface area contributed by atoms with Crippen LogP contribution in [0.4, 0.5) is 0 Å². The first-order valence-electron chi connectivity index (χ1n) is 3.48. The Bertz CT molecular complexity index is 523. The molecule has 2 rings (SSSR count). The van der Waals surface area contributed by atoms with Gasteiger partial charge in [0.15, 0.2) is 0 Å². The molecule has 0 aromatic carbocycles. The van der Waals surface area contributed by atoms with Crippen LogP contribution in [0.15, 0.2) is 14.8 Å². The van der Waals surface area contributed by atoms with E-state index in [1.807, 2.05) is 0 Å². The summed E-state index contributed by atoms with van der Waals surface area (Å²) in [5.41, 5.74) is -0.745. The standard InChI is InChI=1S/C6H3N4O3Se/c11-3-1(7-5(13)9-3)2-4(12)10-6(14)8-2/h11H,(H2,7,9,13). The maximum atomic E-state index is 11.2. The summed E-state index contributed by atoms with van der Waals surface area (Å²) in [4.78, 5) is 33.4. The van der Waals surface area contributed by atoms with Crippen molar-refractivity contribution in [3.05, 3.63) is 16.2 Å². The second kappa shape index (κ2) is 2.93. The number of aromatic amines is 2. The van der Waals surface area contributed by atoms with Gasteiger partial charge in [-0.1, -0.05) is 0 Å². The predicted octanol–water partition coefficient (Wildman–Crippen LogP) is -1.74. The summed E-state index contributed by atoms with van der Waals surface area (Å²) in [6.07, 6.45) is 0. The Morgan fingerprint density at radius 3 is 2.36 bits per heavy atom. The van der Waals surface area contributed by atoms with E-state index in [-0.39, 0.29) is 16.1 Å². The van der Waals surface area contributed by atoms with Crippen molar-refractivity contribution in [1.82, 2.24) is 9.97 Å². The van der Waals surface area contributed by atoms with E-state index in [2.05, 4.69) is 36.0 Å². The minimum atomic E-state index is -0.610. The summed E-state index contributed by atoms with van der Waals surface area (Å²) in [6.45, 7) is 0. The van der Waals surface area contributed by atoms with Gasteiger partial charge in [0.1, 0.15) is 0 Å². The number of aromatic nitrogens is 2. The van der Waals surface area contributed by atoms with Crippen molar-refractivity contribution < 1.29 is 9.90 Å². The Morgan fingerprint density at radius 1 is 1.21 bits per heavy atom. The van der Waals surface area contributed by atoms with E-state index in [4.69, 9.17) is 0 Å². The first-order valence-corrected chi connectivity index (χ1v) is 4.34. The summed E-state index contributed by atoms with van der Waals surface area (Å²) in [5.74, 6) is -1.03. The normalized spacial score (nSPS) is 15.6. The molecule has 0 fully saturated rings. The van der Waals surface area contributed by atoms with Crippen LogP contribution >= 0.6 is 0 Å². The van der Waals surface area contributed by atoms with Crippen LogP contribution in [0.5, 0.6) is 5.88 Å². The van der Waals surface area contributed by atoms with Crippen molar-refractivity contribution in [2.45, 2.75) is 0 Å². The topological polar surface area (TPSA) is 111 Å². The number of rotatable bonds is 1. The van der Waals surface area contributed by atoms with E-state index in [1.54, 1.807) is 0 Å². The Kier molecular flexibility index (Phi) is 1.87. The molecule has 0 saturated heterocycles. The van der Waals surface area contributed by atoms with Gasteiger partial charge in [-0.05, 0) is 0 Å². The van der Waals surface area contributed by atoms with Crippen LogP contribution in [0.1, 0.15) is 5.69 Å². The summed E-state index contributed by atoms with van der Waals surface area (Å²) in [5, 5.41) is 9.21. The van der Waals surface area contributed by atoms with E-state index in [9.17, 15) is 14.7 Å². The average molecular weight is 258 g/mol. The number of nitrogens with one attached hydrogen (secondary N) is 2. The molecule has 2 heterocycles. The number of hydrogen-bond donors (Lipinski definition) is 3. The molecule has 1 aliphatic heterocycles. The van der Waals surface area contributed by atoms with E-state index < -0.39 is 17.5 Å². The number of hydrogen-bond acceptors (Lipinski definition) is 4. The summed E-state index contributed by atoms with van der Waals surface area (Å²) < 4.78 is 0.173. The second-order valence-electron chi connectivity index (χ2n) is 2.46. The third-order valence-corrected chi connectivity index (χ3v) is 1.93. The van der Waals surface area contributed by atoms with Gasteiger partial charge in [0.05, 0.1) is 0 Å². The number of amides is 1. The van der Waals surface area contributed by atoms with Crippen molar-refractivity contribution in [2.75, 3.05) is 0 Å². The van der Waals surface area contributed by atoms with Gasteiger partial charge in [0, 0.05) is 0 Å². The Balaban J connectivity index is 2.53. The molecule has 1 radical (unpaired) electrons. The van der Waals surface area contributed by atoms with Crippen molar-refractivity contribution in [2.24, 2.45) is 9.98 Å². The van der Waals surface area contributed by atoms with Crippen LogP contribution in [0, 0.1) is 0 Å². The van der Waals surface area contributed by atoms with Gasteiger partial charge < -0.3 is 0 Å². The first kappa shape index (κ1) is 8.92. The molecule has 1 amide bonds. The first-order chi connectivity index (χ1) is 6.58. The third-order valence-electron chi connectivity index (χ3n) is 1.55. The van der Waals surface area contributed by atoms with Gasteiger partial charge in [-0.2, -0.15) is 0 Å². The average Bonchev–Trinajstić information content (AvgIpc) is 2.55. The van der Waals surface area contributed by atoms with Gasteiger partial charge in [-0.15, -0.1) is 0 Å². The van der Waals surface area contributed by atoms with Gasteiger partial charge in [0.25, 0.3) is 0 Å². The van der Waals surface area contributed by atoms with E-state index >= 15 is 0 Å². The number of aliphatic imine (C=N–C) groups is 2.